The minimum atomic E-state index is 0.425. The normalized spacial score (nSPS) is 15.7. The van der Waals surface area contributed by atoms with Crippen LogP contribution >= 0.6 is 12.2 Å². The molecule has 1 aliphatic rings. The van der Waals surface area contributed by atoms with E-state index in [2.05, 4.69) is 51.7 Å². The molecule has 1 aromatic heterocycles. The number of nitrogens with zero attached hydrogens (tertiary/aromatic N) is 3. The second-order valence-electron chi connectivity index (χ2n) is 8.31. The molecule has 1 atom stereocenters. The topological polar surface area (TPSA) is 62.3 Å². The van der Waals surface area contributed by atoms with Gasteiger partial charge in [0.1, 0.15) is 11.6 Å². The fraction of sp³-hybridized carbons (Fsp3) is 0.346. The third-order valence-electron chi connectivity index (χ3n) is 5.75. The molecule has 2 aromatic carbocycles. The van der Waals surface area contributed by atoms with E-state index in [9.17, 15) is 0 Å². The largest absolute Gasteiger partial charge is 0.439 e. The predicted molar refractivity (Wildman–Crippen MR) is 138 cm³/mol. The average molecular weight is 462 g/mol. The van der Waals surface area contributed by atoms with E-state index in [-0.39, 0.29) is 0 Å². The molecule has 0 bridgehead atoms. The van der Waals surface area contributed by atoms with Crippen LogP contribution in [0.3, 0.4) is 0 Å². The molecular formula is C26H31N5OS. The van der Waals surface area contributed by atoms with Crippen LogP contribution in [0, 0.1) is 0 Å². The molecule has 0 aliphatic carbocycles. The molecule has 0 radical (unpaired) electrons. The Labute approximate surface area is 201 Å². The third-order valence-corrected chi connectivity index (χ3v) is 5.99. The smallest absolute Gasteiger partial charge is 0.234 e. The monoisotopic (exact) mass is 461 g/mol. The van der Waals surface area contributed by atoms with Gasteiger partial charge in [-0.05, 0) is 68.9 Å². The van der Waals surface area contributed by atoms with Crippen molar-refractivity contribution in [3.63, 3.8) is 0 Å². The highest BCUT2D eigenvalue weighted by Crippen LogP contribution is 2.28. The summed E-state index contributed by atoms with van der Waals surface area (Å²) in [4.78, 5) is 11.7. The van der Waals surface area contributed by atoms with Gasteiger partial charge in [0, 0.05) is 25.2 Å². The van der Waals surface area contributed by atoms with Crippen molar-refractivity contribution in [1.29, 1.82) is 0 Å². The molecular weight excluding hydrogens is 430 g/mol. The molecule has 0 saturated carbocycles. The number of hydrogen-bond acceptors (Lipinski definition) is 5. The lowest BCUT2D eigenvalue weighted by Crippen LogP contribution is -2.38. The van der Waals surface area contributed by atoms with Gasteiger partial charge in [-0.1, -0.05) is 48.5 Å². The molecule has 7 heteroatoms. The zero-order valence-electron chi connectivity index (χ0n) is 19.0. The highest BCUT2D eigenvalue weighted by atomic mass is 32.1. The summed E-state index contributed by atoms with van der Waals surface area (Å²) in [5.41, 5.74) is 1.33. The summed E-state index contributed by atoms with van der Waals surface area (Å²) >= 11 is 5.51. The van der Waals surface area contributed by atoms with E-state index < -0.39 is 0 Å². The average Bonchev–Trinajstić information content (AvgIpc) is 2.83. The third kappa shape index (κ3) is 6.89. The van der Waals surface area contributed by atoms with E-state index >= 15 is 0 Å². The van der Waals surface area contributed by atoms with Crippen molar-refractivity contribution in [3.8, 4) is 11.6 Å². The standard InChI is InChI=1S/C26H31N5OS/c1-20-11-8-9-18-31(20)23-19-24(32-22-15-6-3-7-16-22)29-25(28-23)30-26(33)27-17-10-14-21-12-4-2-5-13-21/h2-7,12-13,15-16,19-20H,8-11,14,17-18H2,1H3,(H2,27,28,29,30,33)/t20-/m1/s1. The molecule has 1 fully saturated rings. The molecule has 1 saturated heterocycles. The highest BCUT2D eigenvalue weighted by Gasteiger charge is 2.21. The quantitative estimate of drug-likeness (QED) is 0.336. The van der Waals surface area contributed by atoms with E-state index in [1.165, 1.54) is 12.0 Å². The molecule has 0 spiro atoms. The first kappa shape index (κ1) is 23.0. The van der Waals surface area contributed by atoms with Crippen LogP contribution in [-0.2, 0) is 6.42 Å². The maximum Gasteiger partial charge on any atom is 0.234 e. The SMILES string of the molecule is C[C@@H]1CCCCN1c1cc(Oc2ccccc2)nc(NC(=S)NCCCc2ccccc2)n1. The second kappa shape index (κ2) is 11.6. The Morgan fingerprint density at radius 2 is 1.82 bits per heavy atom. The summed E-state index contributed by atoms with van der Waals surface area (Å²) in [6.45, 7) is 3.99. The van der Waals surface area contributed by atoms with Gasteiger partial charge in [-0.2, -0.15) is 9.97 Å². The van der Waals surface area contributed by atoms with Crippen LogP contribution in [0.5, 0.6) is 11.6 Å². The van der Waals surface area contributed by atoms with Crippen molar-refractivity contribution in [2.24, 2.45) is 0 Å². The van der Waals surface area contributed by atoms with Crippen molar-refractivity contribution in [2.75, 3.05) is 23.3 Å². The molecule has 2 heterocycles. The summed E-state index contributed by atoms with van der Waals surface area (Å²) in [6, 6.07) is 22.5. The molecule has 33 heavy (non-hydrogen) atoms. The van der Waals surface area contributed by atoms with Crippen LogP contribution in [0.15, 0.2) is 66.7 Å². The van der Waals surface area contributed by atoms with Gasteiger partial charge in [-0.3, -0.25) is 0 Å². The number of benzene rings is 2. The zero-order valence-corrected chi connectivity index (χ0v) is 19.9. The van der Waals surface area contributed by atoms with Crippen molar-refractivity contribution in [3.05, 3.63) is 72.3 Å². The van der Waals surface area contributed by atoms with Crippen molar-refractivity contribution >= 4 is 29.1 Å². The number of ether oxygens (including phenoxy) is 1. The summed E-state index contributed by atoms with van der Waals surface area (Å²) in [5.74, 6) is 2.54. The molecule has 4 rings (SSSR count). The van der Waals surface area contributed by atoms with Gasteiger partial charge in [0.15, 0.2) is 5.11 Å². The summed E-state index contributed by atoms with van der Waals surface area (Å²) < 4.78 is 6.03. The fourth-order valence-electron chi connectivity index (χ4n) is 4.00. The Morgan fingerprint density at radius 3 is 2.58 bits per heavy atom. The first-order chi connectivity index (χ1) is 16.2. The van der Waals surface area contributed by atoms with Crippen LogP contribution < -0.4 is 20.3 Å². The summed E-state index contributed by atoms with van der Waals surface area (Å²) in [6.07, 6.45) is 5.55. The van der Waals surface area contributed by atoms with Crippen molar-refractivity contribution in [2.45, 2.75) is 45.1 Å². The number of thiocarbonyl (C=S) groups is 1. The molecule has 172 valence electrons. The van der Waals surface area contributed by atoms with Gasteiger partial charge in [-0.25, -0.2) is 0 Å². The lowest BCUT2D eigenvalue weighted by Gasteiger charge is -2.34. The Balaban J connectivity index is 1.42. The number of hydrogen-bond donors (Lipinski definition) is 2. The zero-order chi connectivity index (χ0) is 22.9. The molecule has 1 aliphatic heterocycles. The van der Waals surface area contributed by atoms with E-state index in [0.717, 1.165) is 50.3 Å². The number of aryl methyl sites for hydroxylation is 1. The van der Waals surface area contributed by atoms with E-state index in [1.807, 2.05) is 42.5 Å². The molecule has 2 N–H and O–H groups in total. The molecule has 0 unspecified atom stereocenters. The maximum atomic E-state index is 6.03. The van der Waals surface area contributed by atoms with Crippen LogP contribution in [-0.4, -0.2) is 34.2 Å². The number of nitrogens with one attached hydrogen (secondary N) is 2. The van der Waals surface area contributed by atoms with Gasteiger partial charge in [0.25, 0.3) is 0 Å². The number of rotatable bonds is 8. The van der Waals surface area contributed by atoms with Crippen LogP contribution in [0.1, 0.15) is 38.2 Å². The minimum Gasteiger partial charge on any atom is -0.439 e. The van der Waals surface area contributed by atoms with Crippen LogP contribution in [0.25, 0.3) is 0 Å². The Morgan fingerprint density at radius 1 is 1.06 bits per heavy atom. The lowest BCUT2D eigenvalue weighted by molar-refractivity contribution is 0.457. The highest BCUT2D eigenvalue weighted by molar-refractivity contribution is 7.80. The Hall–Kier alpha value is -3.19. The lowest BCUT2D eigenvalue weighted by atomic mass is 10.0. The number of anilines is 2. The van der Waals surface area contributed by atoms with Crippen LogP contribution in [0.4, 0.5) is 11.8 Å². The van der Waals surface area contributed by atoms with Gasteiger partial charge in [-0.15, -0.1) is 0 Å². The van der Waals surface area contributed by atoms with E-state index in [1.54, 1.807) is 0 Å². The number of piperidine rings is 1. The summed E-state index contributed by atoms with van der Waals surface area (Å²) in [7, 11) is 0. The fourth-order valence-corrected chi connectivity index (χ4v) is 4.19. The van der Waals surface area contributed by atoms with Crippen molar-refractivity contribution in [1.82, 2.24) is 15.3 Å². The van der Waals surface area contributed by atoms with Gasteiger partial charge < -0.3 is 20.3 Å². The molecule has 6 nitrogen and oxygen atoms in total. The van der Waals surface area contributed by atoms with Crippen LogP contribution in [0.2, 0.25) is 0 Å². The van der Waals surface area contributed by atoms with Gasteiger partial charge in [0.2, 0.25) is 11.8 Å². The van der Waals surface area contributed by atoms with Crippen molar-refractivity contribution < 1.29 is 4.74 Å². The summed E-state index contributed by atoms with van der Waals surface area (Å²) in [5, 5.41) is 6.93. The molecule has 0 amide bonds. The number of para-hydroxylation sites is 1. The van der Waals surface area contributed by atoms with Gasteiger partial charge >= 0.3 is 0 Å². The Kier molecular flexibility index (Phi) is 8.09. The Bertz CT molecular complexity index is 1030. The first-order valence-electron chi connectivity index (χ1n) is 11.6. The van der Waals surface area contributed by atoms with E-state index in [0.29, 0.717) is 23.0 Å². The molecule has 3 aromatic rings. The maximum absolute atomic E-state index is 6.03. The minimum absolute atomic E-state index is 0.425. The van der Waals surface area contributed by atoms with E-state index in [4.69, 9.17) is 21.9 Å². The second-order valence-corrected chi connectivity index (χ2v) is 8.72. The van der Waals surface area contributed by atoms with Gasteiger partial charge in [0.05, 0.1) is 0 Å². The first-order valence-corrected chi connectivity index (χ1v) is 12.1. The number of aromatic nitrogens is 2. The predicted octanol–water partition coefficient (Wildman–Crippen LogP) is 5.57.